The first-order valence-electron chi connectivity index (χ1n) is 18.9. The fourth-order valence-corrected chi connectivity index (χ4v) is 7.36. The number of ether oxygens (including phenoxy) is 3. The first kappa shape index (κ1) is 36.3. The highest BCUT2D eigenvalue weighted by atomic mass is 16.6. The monoisotopic (exact) mass is 716 g/mol. The fourth-order valence-electron chi connectivity index (χ4n) is 7.36. The lowest BCUT2D eigenvalue weighted by atomic mass is 9.94. The Balaban J connectivity index is 1.02. The van der Waals surface area contributed by atoms with Gasteiger partial charge in [-0.15, -0.1) is 0 Å². The van der Waals surface area contributed by atoms with Crippen molar-refractivity contribution in [3.63, 3.8) is 0 Å². The second-order valence-electron chi connectivity index (χ2n) is 15.4. The van der Waals surface area contributed by atoms with E-state index in [1.807, 2.05) is 110 Å². The van der Waals surface area contributed by atoms with E-state index >= 15 is 0 Å². The van der Waals surface area contributed by atoms with Crippen LogP contribution in [0, 0.1) is 5.92 Å². The molecule has 0 spiro atoms. The van der Waals surface area contributed by atoms with Crippen molar-refractivity contribution in [2.75, 3.05) is 44.2 Å². The summed E-state index contributed by atoms with van der Waals surface area (Å²) in [5.41, 5.74) is 5.60. The number of fused-ring (bicyclic) bond motifs is 1. The largest absolute Gasteiger partial charge is 0.473 e. The van der Waals surface area contributed by atoms with Gasteiger partial charge in [-0.3, -0.25) is 9.58 Å². The van der Waals surface area contributed by atoms with Crippen molar-refractivity contribution in [3.05, 3.63) is 102 Å². The molecule has 2 fully saturated rings. The van der Waals surface area contributed by atoms with Gasteiger partial charge in [-0.1, -0.05) is 60.7 Å². The number of pyridine rings is 1. The minimum Gasteiger partial charge on any atom is -0.473 e. The topological polar surface area (TPSA) is 85.2 Å². The normalized spacial score (nSPS) is 17.3. The number of piperazine rings is 1. The van der Waals surface area contributed by atoms with Crippen LogP contribution in [0.5, 0.6) is 11.8 Å². The Bertz CT molecular complexity index is 1990. The van der Waals surface area contributed by atoms with Crippen LogP contribution in [0.1, 0.15) is 51.7 Å². The van der Waals surface area contributed by atoms with Gasteiger partial charge in [0.05, 0.1) is 11.1 Å². The third kappa shape index (κ3) is 8.93. The van der Waals surface area contributed by atoms with Crippen molar-refractivity contribution in [2.45, 2.75) is 65.4 Å². The summed E-state index contributed by atoms with van der Waals surface area (Å²) < 4.78 is 20.0. The highest BCUT2D eigenvalue weighted by Crippen LogP contribution is 2.37. The maximum Gasteiger partial charge on any atom is 0.410 e. The number of piperidine rings is 1. The molecule has 3 aromatic carbocycles. The van der Waals surface area contributed by atoms with Crippen molar-refractivity contribution in [3.8, 4) is 23.0 Å². The summed E-state index contributed by atoms with van der Waals surface area (Å²) in [7, 11) is 2.00. The van der Waals surface area contributed by atoms with E-state index in [4.69, 9.17) is 24.3 Å². The predicted octanol–water partition coefficient (Wildman–Crippen LogP) is 7.95. The van der Waals surface area contributed by atoms with E-state index in [2.05, 4.69) is 34.9 Å². The molecular weight excluding hydrogens is 665 g/mol. The second kappa shape index (κ2) is 15.9. The van der Waals surface area contributed by atoms with Crippen LogP contribution < -0.4 is 14.4 Å². The molecule has 2 aliphatic heterocycles. The van der Waals surface area contributed by atoms with E-state index in [0.29, 0.717) is 50.0 Å². The van der Waals surface area contributed by atoms with Gasteiger partial charge in [0.1, 0.15) is 24.5 Å². The Morgan fingerprint density at radius 3 is 2.17 bits per heavy atom. The average molecular weight is 717 g/mol. The molecule has 0 radical (unpaired) electrons. The van der Waals surface area contributed by atoms with Gasteiger partial charge in [-0.2, -0.15) is 10.1 Å². The third-order valence-corrected chi connectivity index (χ3v) is 10.3. The van der Waals surface area contributed by atoms with E-state index in [9.17, 15) is 4.79 Å². The molecule has 5 aromatic rings. The fraction of sp³-hybridized carbons (Fsp3) is 0.419. The molecule has 0 bridgehead atoms. The van der Waals surface area contributed by atoms with Gasteiger partial charge in [0.25, 0.3) is 0 Å². The molecule has 2 saturated heterocycles. The lowest BCUT2D eigenvalue weighted by Gasteiger charge is -2.43. The maximum absolute atomic E-state index is 12.6. The number of anilines is 1. The Hall–Kier alpha value is -5.09. The van der Waals surface area contributed by atoms with E-state index in [1.54, 1.807) is 0 Å². The van der Waals surface area contributed by atoms with Gasteiger partial charge >= 0.3 is 6.09 Å². The second-order valence-corrected chi connectivity index (χ2v) is 15.4. The van der Waals surface area contributed by atoms with Gasteiger partial charge in [-0.05, 0) is 81.8 Å². The smallest absolute Gasteiger partial charge is 0.410 e. The molecular formula is C43H52N6O4. The maximum atomic E-state index is 12.6. The minimum absolute atomic E-state index is 0.203. The number of amides is 1. The van der Waals surface area contributed by atoms with Gasteiger partial charge in [0.2, 0.25) is 11.8 Å². The molecule has 10 heteroatoms. The van der Waals surface area contributed by atoms with Crippen LogP contribution in [-0.4, -0.2) is 81.6 Å². The molecule has 1 atom stereocenters. The van der Waals surface area contributed by atoms with Crippen LogP contribution in [0.3, 0.4) is 0 Å². The molecule has 53 heavy (non-hydrogen) atoms. The average Bonchev–Trinajstić information content (AvgIpc) is 3.49. The van der Waals surface area contributed by atoms with Gasteiger partial charge < -0.3 is 24.0 Å². The molecule has 278 valence electrons. The summed E-state index contributed by atoms with van der Waals surface area (Å²) in [6.07, 6.45) is 2.07. The zero-order valence-electron chi connectivity index (χ0n) is 31.7. The molecule has 2 aromatic heterocycles. The van der Waals surface area contributed by atoms with Crippen LogP contribution in [0.25, 0.3) is 22.2 Å². The van der Waals surface area contributed by atoms with Crippen molar-refractivity contribution in [2.24, 2.45) is 13.0 Å². The summed E-state index contributed by atoms with van der Waals surface area (Å²) in [6.45, 7) is 14.2. The van der Waals surface area contributed by atoms with Gasteiger partial charge in [0, 0.05) is 69.5 Å². The lowest BCUT2D eigenvalue weighted by molar-refractivity contribution is 0.00308. The molecule has 2 aliphatic rings. The van der Waals surface area contributed by atoms with Crippen molar-refractivity contribution < 1.29 is 19.0 Å². The number of nitrogens with zero attached hydrogens (tertiary/aromatic N) is 6. The van der Waals surface area contributed by atoms with Crippen LogP contribution in [0.4, 0.5) is 10.5 Å². The summed E-state index contributed by atoms with van der Waals surface area (Å²) in [5, 5.41) is 6.05. The molecule has 7 rings (SSSR count). The van der Waals surface area contributed by atoms with Crippen molar-refractivity contribution >= 4 is 22.7 Å². The van der Waals surface area contributed by atoms with Crippen LogP contribution in [-0.2, 0) is 25.0 Å². The molecule has 0 aliphatic carbocycles. The molecule has 0 unspecified atom stereocenters. The highest BCUT2D eigenvalue weighted by Gasteiger charge is 2.32. The molecule has 1 amide bonds. The lowest BCUT2D eigenvalue weighted by Crippen LogP contribution is -2.55. The van der Waals surface area contributed by atoms with Gasteiger partial charge in [0.15, 0.2) is 0 Å². The van der Waals surface area contributed by atoms with Crippen LogP contribution in [0.15, 0.2) is 91.0 Å². The zero-order valence-corrected chi connectivity index (χ0v) is 31.7. The first-order valence-corrected chi connectivity index (χ1v) is 18.9. The summed E-state index contributed by atoms with van der Waals surface area (Å²) >= 11 is 0. The number of aryl methyl sites for hydroxylation is 1. The van der Waals surface area contributed by atoms with E-state index in [0.717, 1.165) is 72.3 Å². The predicted molar refractivity (Wildman–Crippen MR) is 209 cm³/mol. The Morgan fingerprint density at radius 1 is 0.830 bits per heavy atom. The zero-order chi connectivity index (χ0) is 37.0. The Labute approximate surface area is 313 Å². The summed E-state index contributed by atoms with van der Waals surface area (Å²) in [4.78, 5) is 24.4. The Kier molecular flexibility index (Phi) is 10.9. The molecule has 0 N–H and O–H groups in total. The number of aromatic nitrogens is 3. The summed E-state index contributed by atoms with van der Waals surface area (Å²) in [6, 6.07) is 31.1. The number of hydrogen-bond donors (Lipinski definition) is 0. The number of rotatable bonds is 10. The number of carbonyl (C=O) groups is 1. The van der Waals surface area contributed by atoms with Crippen molar-refractivity contribution in [1.82, 2.24) is 24.6 Å². The Morgan fingerprint density at radius 2 is 1.51 bits per heavy atom. The number of carbonyl (C=O) groups excluding carboxylic acids is 1. The molecule has 0 saturated carbocycles. The quantitative estimate of drug-likeness (QED) is 0.144. The standard InChI is InChI=1S/C43H52N6O4/c1-31-27-49(42(50)53-43(2,3)4)25-24-48(31)28-32-20-22-47(23-21-32)35-16-17-36-38(26-35)46(5)45-40(36)37-18-19-39(51-29-33-12-8-6-9-13-33)44-41(37)52-30-34-14-10-7-11-15-34/h6-19,26,31-32H,20-25,27-30H2,1-5H3/t31-/m0/s1. The molecule has 10 nitrogen and oxygen atoms in total. The first-order chi connectivity index (χ1) is 25.6. The number of hydrogen-bond acceptors (Lipinski definition) is 8. The minimum atomic E-state index is -0.474. The SMILES string of the molecule is C[C@H]1CN(C(=O)OC(C)(C)C)CCN1CC1CCN(c2ccc3c(-c4ccc(OCc5ccccc5)nc4OCc4ccccc4)nn(C)c3c2)CC1. The van der Waals surface area contributed by atoms with Crippen LogP contribution >= 0.6 is 0 Å². The highest BCUT2D eigenvalue weighted by molar-refractivity contribution is 5.96. The van der Waals surface area contributed by atoms with E-state index in [-0.39, 0.29) is 6.09 Å². The van der Waals surface area contributed by atoms with E-state index in [1.165, 1.54) is 5.69 Å². The van der Waals surface area contributed by atoms with Crippen molar-refractivity contribution in [1.29, 1.82) is 0 Å². The summed E-state index contributed by atoms with van der Waals surface area (Å²) in [5.74, 6) is 1.63. The molecule has 4 heterocycles. The van der Waals surface area contributed by atoms with Gasteiger partial charge in [-0.25, -0.2) is 4.79 Å². The van der Waals surface area contributed by atoms with E-state index < -0.39 is 5.60 Å². The number of benzene rings is 3. The van der Waals surface area contributed by atoms with Crippen LogP contribution in [0.2, 0.25) is 0 Å². The third-order valence-electron chi connectivity index (χ3n) is 10.3.